The molecule has 0 radical (unpaired) electrons. The SMILES string of the molecule is Nc1ncc(Br)cc1C(=O)c1cncc(N2CCCNCC2)n1. The zero-order valence-electron chi connectivity index (χ0n) is 12.5. The lowest BCUT2D eigenvalue weighted by Crippen LogP contribution is -2.29. The van der Waals surface area contributed by atoms with Crippen LogP contribution in [-0.2, 0) is 0 Å². The molecule has 0 amide bonds. The summed E-state index contributed by atoms with van der Waals surface area (Å²) in [6.45, 7) is 3.61. The number of hydrogen-bond donors (Lipinski definition) is 2. The summed E-state index contributed by atoms with van der Waals surface area (Å²) in [5, 5.41) is 3.34. The normalized spacial score (nSPS) is 15.3. The van der Waals surface area contributed by atoms with Crippen molar-refractivity contribution in [2.45, 2.75) is 6.42 Å². The largest absolute Gasteiger partial charge is 0.383 e. The van der Waals surface area contributed by atoms with E-state index >= 15 is 0 Å². The lowest BCUT2D eigenvalue weighted by atomic mass is 10.1. The van der Waals surface area contributed by atoms with Gasteiger partial charge in [-0.25, -0.2) is 9.97 Å². The summed E-state index contributed by atoms with van der Waals surface area (Å²) in [6, 6.07) is 1.65. The van der Waals surface area contributed by atoms with Crippen molar-refractivity contribution in [3.63, 3.8) is 0 Å². The Bertz CT molecular complexity index is 715. The van der Waals surface area contributed by atoms with E-state index in [9.17, 15) is 4.79 Å². The van der Waals surface area contributed by atoms with Gasteiger partial charge in [-0.1, -0.05) is 0 Å². The molecule has 2 aromatic rings. The summed E-state index contributed by atoms with van der Waals surface area (Å²) in [5.74, 6) is 0.615. The average Bonchev–Trinajstić information content (AvgIpc) is 2.86. The number of aromatic nitrogens is 3. The monoisotopic (exact) mass is 376 g/mol. The Labute approximate surface area is 142 Å². The molecule has 8 heteroatoms. The van der Waals surface area contributed by atoms with Crippen LogP contribution < -0.4 is 16.0 Å². The van der Waals surface area contributed by atoms with E-state index in [2.05, 4.69) is 41.1 Å². The number of rotatable bonds is 3. The van der Waals surface area contributed by atoms with Gasteiger partial charge in [-0.3, -0.25) is 9.78 Å². The molecule has 0 atom stereocenters. The molecule has 1 aliphatic heterocycles. The van der Waals surface area contributed by atoms with Crippen molar-refractivity contribution in [3.8, 4) is 0 Å². The lowest BCUT2D eigenvalue weighted by Gasteiger charge is -2.20. The molecule has 23 heavy (non-hydrogen) atoms. The molecule has 0 spiro atoms. The minimum Gasteiger partial charge on any atom is -0.383 e. The second-order valence-electron chi connectivity index (χ2n) is 5.27. The van der Waals surface area contributed by atoms with E-state index in [1.54, 1.807) is 18.5 Å². The van der Waals surface area contributed by atoms with Crippen LogP contribution in [0.5, 0.6) is 0 Å². The maximum atomic E-state index is 12.6. The molecule has 7 nitrogen and oxygen atoms in total. The predicted molar refractivity (Wildman–Crippen MR) is 91.5 cm³/mol. The van der Waals surface area contributed by atoms with Crippen LogP contribution in [0.3, 0.4) is 0 Å². The number of carbonyl (C=O) groups is 1. The van der Waals surface area contributed by atoms with Gasteiger partial charge in [-0.15, -0.1) is 0 Å². The van der Waals surface area contributed by atoms with E-state index in [4.69, 9.17) is 5.73 Å². The quantitative estimate of drug-likeness (QED) is 0.777. The average molecular weight is 377 g/mol. The van der Waals surface area contributed by atoms with Gasteiger partial charge in [0.15, 0.2) is 0 Å². The van der Waals surface area contributed by atoms with Crippen LogP contribution in [0.15, 0.2) is 29.1 Å². The third-order valence-corrected chi connectivity index (χ3v) is 4.08. The third kappa shape index (κ3) is 3.65. The van der Waals surface area contributed by atoms with E-state index in [1.807, 2.05) is 0 Å². The van der Waals surface area contributed by atoms with Gasteiger partial charge in [0.2, 0.25) is 5.78 Å². The topological polar surface area (TPSA) is 97.0 Å². The molecule has 0 aromatic carbocycles. The van der Waals surface area contributed by atoms with E-state index in [0.29, 0.717) is 15.9 Å². The van der Waals surface area contributed by atoms with Gasteiger partial charge in [0, 0.05) is 30.3 Å². The molecule has 0 aliphatic carbocycles. The fraction of sp³-hybridized carbons (Fsp3) is 0.333. The van der Waals surface area contributed by atoms with E-state index in [0.717, 1.165) is 32.6 Å². The summed E-state index contributed by atoms with van der Waals surface area (Å²) in [4.78, 5) is 27.4. The predicted octanol–water partition coefficient (Wildman–Crippen LogP) is 1.25. The Kier molecular flexibility index (Phi) is 4.82. The standard InChI is InChI=1S/C15H17BrN6O/c16-10-6-11(15(17)20-7-10)14(23)12-8-19-9-13(21-12)22-4-1-2-18-3-5-22/h6-9,18H,1-5H2,(H2,17,20). The fourth-order valence-electron chi connectivity index (χ4n) is 2.46. The van der Waals surface area contributed by atoms with Gasteiger partial charge in [0.25, 0.3) is 0 Å². The second kappa shape index (κ2) is 7.01. The van der Waals surface area contributed by atoms with Crippen molar-refractivity contribution in [2.24, 2.45) is 0 Å². The smallest absolute Gasteiger partial charge is 0.216 e. The highest BCUT2D eigenvalue weighted by molar-refractivity contribution is 9.10. The maximum absolute atomic E-state index is 12.6. The first-order valence-electron chi connectivity index (χ1n) is 7.38. The second-order valence-corrected chi connectivity index (χ2v) is 6.18. The van der Waals surface area contributed by atoms with Crippen LogP contribution >= 0.6 is 15.9 Å². The minimum atomic E-state index is -0.279. The Morgan fingerprint density at radius 3 is 3.00 bits per heavy atom. The van der Waals surface area contributed by atoms with Crippen LogP contribution in [0.4, 0.5) is 11.6 Å². The van der Waals surface area contributed by atoms with Crippen LogP contribution in [0.25, 0.3) is 0 Å². The van der Waals surface area contributed by atoms with Gasteiger partial charge in [-0.2, -0.15) is 0 Å². The number of halogens is 1. The van der Waals surface area contributed by atoms with Crippen LogP contribution in [0.2, 0.25) is 0 Å². The molecule has 0 unspecified atom stereocenters. The maximum Gasteiger partial charge on any atom is 0.216 e. The Morgan fingerprint density at radius 1 is 1.26 bits per heavy atom. The Morgan fingerprint density at radius 2 is 2.13 bits per heavy atom. The molecular formula is C15H17BrN6O. The number of ketones is 1. The highest BCUT2D eigenvalue weighted by Gasteiger charge is 2.18. The molecule has 2 aromatic heterocycles. The number of pyridine rings is 1. The van der Waals surface area contributed by atoms with Crippen LogP contribution in [0.1, 0.15) is 22.5 Å². The summed E-state index contributed by atoms with van der Waals surface area (Å²) in [7, 11) is 0. The van der Waals surface area contributed by atoms with Crippen molar-refractivity contribution < 1.29 is 4.79 Å². The number of nitrogens with two attached hydrogens (primary N) is 1. The first-order valence-corrected chi connectivity index (χ1v) is 8.18. The Hall–Kier alpha value is -2.06. The number of anilines is 2. The number of nitrogen functional groups attached to an aromatic ring is 1. The molecule has 1 aliphatic rings. The molecule has 0 saturated carbocycles. The number of hydrogen-bond acceptors (Lipinski definition) is 7. The van der Waals surface area contributed by atoms with E-state index in [-0.39, 0.29) is 17.3 Å². The highest BCUT2D eigenvalue weighted by Crippen LogP contribution is 2.19. The van der Waals surface area contributed by atoms with E-state index < -0.39 is 0 Å². The summed E-state index contributed by atoms with van der Waals surface area (Å²) >= 11 is 3.30. The number of nitrogens with one attached hydrogen (secondary N) is 1. The van der Waals surface area contributed by atoms with Crippen LogP contribution in [0, 0.1) is 0 Å². The zero-order chi connectivity index (χ0) is 16.2. The number of nitrogens with zero attached hydrogens (tertiary/aromatic N) is 4. The zero-order valence-corrected chi connectivity index (χ0v) is 14.1. The van der Waals surface area contributed by atoms with Gasteiger partial charge in [-0.05, 0) is 35.0 Å². The first-order chi connectivity index (χ1) is 11.1. The molecule has 120 valence electrons. The molecule has 3 heterocycles. The highest BCUT2D eigenvalue weighted by atomic mass is 79.9. The molecule has 3 N–H and O–H groups in total. The molecule has 1 saturated heterocycles. The number of carbonyl (C=O) groups excluding carboxylic acids is 1. The molecule has 0 bridgehead atoms. The molecular weight excluding hydrogens is 360 g/mol. The third-order valence-electron chi connectivity index (χ3n) is 3.65. The summed E-state index contributed by atoms with van der Waals surface area (Å²) in [5.41, 5.74) is 6.40. The minimum absolute atomic E-state index is 0.185. The van der Waals surface area contributed by atoms with Gasteiger partial charge in [0.1, 0.15) is 17.3 Å². The van der Waals surface area contributed by atoms with Crippen molar-refractivity contribution in [2.75, 3.05) is 36.8 Å². The van der Waals surface area contributed by atoms with Crippen molar-refractivity contribution >= 4 is 33.3 Å². The van der Waals surface area contributed by atoms with Crippen molar-refractivity contribution in [1.82, 2.24) is 20.3 Å². The Balaban J connectivity index is 1.89. The van der Waals surface area contributed by atoms with Crippen molar-refractivity contribution in [1.29, 1.82) is 0 Å². The van der Waals surface area contributed by atoms with Crippen molar-refractivity contribution in [3.05, 3.63) is 40.4 Å². The lowest BCUT2D eigenvalue weighted by molar-refractivity contribution is 0.103. The molecule has 1 fully saturated rings. The fourth-order valence-corrected chi connectivity index (χ4v) is 2.79. The van der Waals surface area contributed by atoms with Gasteiger partial charge < -0.3 is 16.0 Å². The summed E-state index contributed by atoms with van der Waals surface area (Å²) in [6.07, 6.45) is 5.73. The van der Waals surface area contributed by atoms with Gasteiger partial charge in [0.05, 0.1) is 18.0 Å². The molecule has 3 rings (SSSR count). The van der Waals surface area contributed by atoms with Gasteiger partial charge >= 0.3 is 0 Å². The summed E-state index contributed by atoms with van der Waals surface area (Å²) < 4.78 is 0.692. The van der Waals surface area contributed by atoms with Crippen LogP contribution in [-0.4, -0.2) is 46.9 Å². The van der Waals surface area contributed by atoms with E-state index in [1.165, 1.54) is 6.20 Å². The first kappa shape index (κ1) is 15.8.